The van der Waals surface area contributed by atoms with Crippen LogP contribution in [0.4, 0.5) is 0 Å². The number of rotatable bonds is 5. The quantitative estimate of drug-likeness (QED) is 0.497. The Bertz CT molecular complexity index is 933. The second-order valence-corrected chi connectivity index (χ2v) is 6.80. The fourth-order valence-electron chi connectivity index (χ4n) is 2.55. The lowest BCUT2D eigenvalue weighted by atomic mass is 10.2. The van der Waals surface area contributed by atoms with Crippen LogP contribution in [-0.4, -0.2) is 33.9 Å². The lowest BCUT2D eigenvalue weighted by Gasteiger charge is -2.11. The van der Waals surface area contributed by atoms with Crippen molar-refractivity contribution in [3.63, 3.8) is 0 Å². The van der Waals surface area contributed by atoms with Gasteiger partial charge in [0, 0.05) is 24.4 Å². The van der Waals surface area contributed by atoms with E-state index in [9.17, 15) is 0 Å². The Morgan fingerprint density at radius 3 is 3.08 bits per heavy atom. The average Bonchev–Trinajstić information content (AvgIpc) is 3.26. The molecule has 7 nitrogen and oxygen atoms in total. The van der Waals surface area contributed by atoms with Crippen molar-refractivity contribution in [3.05, 3.63) is 35.9 Å². The van der Waals surface area contributed by atoms with E-state index in [2.05, 4.69) is 20.1 Å². The minimum atomic E-state index is 0.390. The number of ether oxygens (including phenoxy) is 1. The Kier molecular flexibility index (Phi) is 4.66. The number of pyridine rings is 1. The van der Waals surface area contributed by atoms with Crippen LogP contribution >= 0.6 is 11.3 Å². The van der Waals surface area contributed by atoms with Crippen LogP contribution in [0, 0.1) is 6.92 Å². The van der Waals surface area contributed by atoms with E-state index in [-0.39, 0.29) is 0 Å². The molecule has 4 heterocycles. The molecule has 3 aromatic rings. The molecule has 8 heteroatoms. The average molecular weight is 370 g/mol. The Hall–Kier alpha value is -2.74. The smallest absolute Gasteiger partial charge is 0.315 e. The highest BCUT2D eigenvalue weighted by Gasteiger charge is 2.27. The lowest BCUT2D eigenvalue weighted by molar-refractivity contribution is 0.142. The zero-order chi connectivity index (χ0) is 17.9. The maximum Gasteiger partial charge on any atom is 0.315 e. The normalized spacial score (nSPS) is 14.9. The second-order valence-electron chi connectivity index (χ2n) is 5.80. The topological polar surface area (TPSA) is 82.6 Å². The molecule has 3 aromatic heterocycles. The summed E-state index contributed by atoms with van der Waals surface area (Å²) < 4.78 is 11.4. The van der Waals surface area contributed by atoms with E-state index < -0.39 is 0 Å². The first-order valence-electron chi connectivity index (χ1n) is 8.47. The van der Waals surface area contributed by atoms with Crippen molar-refractivity contribution < 1.29 is 14.0 Å². The molecule has 0 unspecified atom stereocenters. The molecule has 0 amide bonds. The second kappa shape index (κ2) is 7.25. The maximum atomic E-state index is 5.84. The zero-order valence-electron chi connectivity index (χ0n) is 14.6. The molecule has 26 heavy (non-hydrogen) atoms. The minimum absolute atomic E-state index is 0.390. The standard InChI is InChI=1S/C18H18N4O3S/c1-3-8-24-22-13-6-9-23-18-14(13)21-16(25-18)15-11(2)20-17(26-15)12-5-4-7-19-10-12/h4-5,7,10H,3,6,8-9H2,1-2H3. The fraction of sp³-hybridized carbons (Fsp3) is 0.333. The van der Waals surface area contributed by atoms with Crippen LogP contribution < -0.4 is 4.74 Å². The third kappa shape index (κ3) is 3.20. The van der Waals surface area contributed by atoms with E-state index in [1.54, 1.807) is 12.4 Å². The van der Waals surface area contributed by atoms with Crippen LogP contribution in [0.15, 0.2) is 34.1 Å². The van der Waals surface area contributed by atoms with Crippen molar-refractivity contribution in [1.29, 1.82) is 0 Å². The molecular formula is C18H18N4O3S. The molecule has 0 fully saturated rings. The summed E-state index contributed by atoms with van der Waals surface area (Å²) in [5, 5.41) is 5.07. The van der Waals surface area contributed by atoms with E-state index in [4.69, 9.17) is 14.0 Å². The van der Waals surface area contributed by atoms with E-state index in [1.165, 1.54) is 11.3 Å². The highest BCUT2D eigenvalue weighted by atomic mass is 32.1. The van der Waals surface area contributed by atoms with Crippen molar-refractivity contribution in [3.8, 4) is 27.3 Å². The number of aryl methyl sites for hydroxylation is 1. The first-order valence-corrected chi connectivity index (χ1v) is 9.29. The number of thiazole rings is 1. The fourth-order valence-corrected chi connectivity index (χ4v) is 3.54. The van der Waals surface area contributed by atoms with Crippen LogP contribution in [0.25, 0.3) is 21.3 Å². The monoisotopic (exact) mass is 370 g/mol. The van der Waals surface area contributed by atoms with Gasteiger partial charge in [0.05, 0.1) is 12.3 Å². The Morgan fingerprint density at radius 1 is 1.35 bits per heavy atom. The maximum absolute atomic E-state index is 5.84. The molecule has 1 aliphatic heterocycles. The van der Waals surface area contributed by atoms with Crippen molar-refractivity contribution in [2.75, 3.05) is 13.2 Å². The van der Waals surface area contributed by atoms with Crippen LogP contribution in [-0.2, 0) is 4.84 Å². The highest BCUT2D eigenvalue weighted by molar-refractivity contribution is 7.18. The first-order chi connectivity index (χ1) is 12.8. The van der Waals surface area contributed by atoms with Gasteiger partial charge in [0.25, 0.3) is 0 Å². The molecule has 4 rings (SSSR count). The summed E-state index contributed by atoms with van der Waals surface area (Å²) in [6, 6.07) is 3.87. The van der Waals surface area contributed by atoms with Gasteiger partial charge >= 0.3 is 5.95 Å². The number of fused-ring (bicyclic) bond motifs is 1. The number of oxazole rings is 1. The summed E-state index contributed by atoms with van der Waals surface area (Å²) in [5.74, 6) is 0.881. The summed E-state index contributed by atoms with van der Waals surface area (Å²) in [7, 11) is 0. The SMILES string of the molecule is CCCON=C1CCOc2oc(-c3sc(-c4cccnc4)nc3C)nc21. The molecular weight excluding hydrogens is 352 g/mol. The van der Waals surface area contributed by atoms with Gasteiger partial charge in [0.1, 0.15) is 22.2 Å². The van der Waals surface area contributed by atoms with E-state index in [0.717, 1.165) is 33.3 Å². The zero-order valence-corrected chi connectivity index (χ0v) is 15.4. The molecule has 134 valence electrons. The number of aromatic nitrogens is 3. The van der Waals surface area contributed by atoms with Crippen molar-refractivity contribution in [2.45, 2.75) is 26.7 Å². The molecule has 1 aliphatic rings. The number of hydrogen-bond donors (Lipinski definition) is 0. The van der Waals surface area contributed by atoms with Gasteiger partial charge in [-0.05, 0) is 25.5 Å². The van der Waals surface area contributed by atoms with Gasteiger partial charge in [-0.2, -0.15) is 0 Å². The molecule has 0 bridgehead atoms. The van der Waals surface area contributed by atoms with Crippen LogP contribution in [0.5, 0.6) is 5.95 Å². The van der Waals surface area contributed by atoms with Crippen molar-refractivity contribution >= 4 is 17.0 Å². The lowest BCUT2D eigenvalue weighted by Crippen LogP contribution is -2.16. The highest BCUT2D eigenvalue weighted by Crippen LogP contribution is 2.38. The number of hydrogen-bond acceptors (Lipinski definition) is 8. The van der Waals surface area contributed by atoms with Crippen LogP contribution in [0.3, 0.4) is 0 Å². The molecule has 0 spiro atoms. The van der Waals surface area contributed by atoms with Gasteiger partial charge in [-0.25, -0.2) is 9.97 Å². The summed E-state index contributed by atoms with van der Waals surface area (Å²) in [4.78, 5) is 19.6. The van der Waals surface area contributed by atoms with Gasteiger partial charge in [-0.3, -0.25) is 4.98 Å². The summed E-state index contributed by atoms with van der Waals surface area (Å²) in [5.41, 5.74) is 3.19. The molecule has 0 N–H and O–H groups in total. The van der Waals surface area contributed by atoms with Gasteiger partial charge in [0.15, 0.2) is 5.69 Å². The van der Waals surface area contributed by atoms with Crippen LogP contribution in [0.2, 0.25) is 0 Å². The van der Waals surface area contributed by atoms with Gasteiger partial charge in [-0.15, -0.1) is 11.3 Å². The molecule has 0 radical (unpaired) electrons. The summed E-state index contributed by atoms with van der Waals surface area (Å²) in [6.07, 6.45) is 5.08. The van der Waals surface area contributed by atoms with Gasteiger partial charge < -0.3 is 14.0 Å². The predicted molar refractivity (Wildman–Crippen MR) is 98.5 cm³/mol. The van der Waals surface area contributed by atoms with Crippen molar-refractivity contribution in [1.82, 2.24) is 15.0 Å². The van der Waals surface area contributed by atoms with E-state index >= 15 is 0 Å². The number of nitrogens with zero attached hydrogens (tertiary/aromatic N) is 4. The molecule has 0 atom stereocenters. The molecule has 0 aliphatic carbocycles. The third-order valence-electron chi connectivity index (χ3n) is 3.81. The number of oxime groups is 1. The minimum Gasteiger partial charge on any atom is -0.463 e. The van der Waals surface area contributed by atoms with E-state index in [1.807, 2.05) is 26.0 Å². The summed E-state index contributed by atoms with van der Waals surface area (Å²) >= 11 is 1.52. The van der Waals surface area contributed by atoms with Gasteiger partial charge in [0.2, 0.25) is 5.89 Å². The molecule has 0 saturated heterocycles. The Morgan fingerprint density at radius 2 is 2.27 bits per heavy atom. The van der Waals surface area contributed by atoms with Crippen molar-refractivity contribution in [2.24, 2.45) is 5.16 Å². The third-order valence-corrected chi connectivity index (χ3v) is 5.01. The largest absolute Gasteiger partial charge is 0.463 e. The Balaban J connectivity index is 1.68. The van der Waals surface area contributed by atoms with Gasteiger partial charge in [-0.1, -0.05) is 12.1 Å². The predicted octanol–water partition coefficient (Wildman–Crippen LogP) is 4.08. The Labute approximate surface area is 154 Å². The van der Waals surface area contributed by atoms with Crippen LogP contribution in [0.1, 0.15) is 31.2 Å². The first kappa shape index (κ1) is 16.7. The molecule has 0 saturated carbocycles. The summed E-state index contributed by atoms with van der Waals surface area (Å²) in [6.45, 7) is 5.05. The van der Waals surface area contributed by atoms with E-state index in [0.29, 0.717) is 37.2 Å². The molecule has 0 aromatic carbocycles.